The summed E-state index contributed by atoms with van der Waals surface area (Å²) in [5.74, 6) is 0.111. The topological polar surface area (TPSA) is 87.7 Å². The van der Waals surface area contributed by atoms with Gasteiger partial charge in [-0.15, -0.1) is 0 Å². The average molecular weight is 426 g/mol. The summed E-state index contributed by atoms with van der Waals surface area (Å²) < 4.78 is 5.49. The van der Waals surface area contributed by atoms with E-state index in [2.05, 4.69) is 20.2 Å². The van der Waals surface area contributed by atoms with Gasteiger partial charge in [-0.1, -0.05) is 23.5 Å². The number of hydrogen-bond donors (Lipinski definition) is 1. The molecule has 1 saturated heterocycles. The number of fused-ring (bicyclic) bond motifs is 1. The lowest BCUT2D eigenvalue weighted by atomic mass is 10.2. The van der Waals surface area contributed by atoms with Gasteiger partial charge in [0.05, 0.1) is 18.7 Å². The molecule has 2 aromatic heterocycles. The van der Waals surface area contributed by atoms with Crippen molar-refractivity contribution in [3.63, 3.8) is 0 Å². The quantitative estimate of drug-likeness (QED) is 0.651. The molecule has 0 radical (unpaired) electrons. The van der Waals surface area contributed by atoms with Crippen molar-refractivity contribution < 1.29 is 14.3 Å². The molecule has 8 nitrogen and oxygen atoms in total. The van der Waals surface area contributed by atoms with Crippen LogP contribution in [0.5, 0.6) is 5.75 Å². The number of nitrogens with one attached hydrogen (secondary N) is 1. The van der Waals surface area contributed by atoms with Crippen molar-refractivity contribution in [2.24, 2.45) is 0 Å². The third kappa shape index (κ3) is 4.35. The summed E-state index contributed by atoms with van der Waals surface area (Å²) in [7, 11) is 0. The van der Waals surface area contributed by atoms with E-state index >= 15 is 0 Å². The molecule has 0 spiro atoms. The highest BCUT2D eigenvalue weighted by Crippen LogP contribution is 2.27. The molecular weight excluding hydrogens is 402 g/mol. The Morgan fingerprint density at radius 3 is 2.70 bits per heavy atom. The van der Waals surface area contributed by atoms with Crippen molar-refractivity contribution in [2.75, 3.05) is 44.2 Å². The summed E-state index contributed by atoms with van der Waals surface area (Å²) >= 11 is 1.56. The normalized spacial score (nSPS) is 14.0. The molecule has 2 amide bonds. The minimum Gasteiger partial charge on any atom is -0.493 e. The number of rotatable bonds is 6. The maximum absolute atomic E-state index is 12.6. The van der Waals surface area contributed by atoms with Gasteiger partial charge in [0, 0.05) is 32.4 Å². The van der Waals surface area contributed by atoms with Gasteiger partial charge in [-0.2, -0.15) is 0 Å². The first kappa shape index (κ1) is 20.1. The van der Waals surface area contributed by atoms with E-state index < -0.39 is 0 Å². The lowest BCUT2D eigenvalue weighted by molar-refractivity contribution is -0.130. The Bertz CT molecular complexity index is 1010. The molecule has 1 aromatic carbocycles. The Balaban J connectivity index is 1.30. The fourth-order valence-electron chi connectivity index (χ4n) is 3.34. The lowest BCUT2D eigenvalue weighted by Crippen LogP contribution is -2.51. The number of piperazine rings is 1. The summed E-state index contributed by atoms with van der Waals surface area (Å²) in [5, 5.41) is 3.64. The Morgan fingerprint density at radius 1 is 1.13 bits per heavy atom. The molecule has 1 aliphatic rings. The molecule has 9 heteroatoms. The maximum atomic E-state index is 12.6. The molecule has 156 valence electrons. The zero-order chi connectivity index (χ0) is 20.9. The van der Waals surface area contributed by atoms with Crippen LogP contribution in [0.1, 0.15) is 17.3 Å². The molecule has 30 heavy (non-hydrogen) atoms. The molecule has 0 aliphatic carbocycles. The van der Waals surface area contributed by atoms with E-state index in [0.29, 0.717) is 44.1 Å². The Labute approximate surface area is 178 Å². The molecule has 1 aliphatic heterocycles. The number of amides is 2. The SMILES string of the molecule is CCOc1ccccc1C(=O)NCC(=O)N1CCN(c2nc3cccnc3s2)CC1. The van der Waals surface area contributed by atoms with Gasteiger partial charge in [-0.05, 0) is 31.2 Å². The highest BCUT2D eigenvalue weighted by Gasteiger charge is 2.24. The van der Waals surface area contributed by atoms with E-state index in [4.69, 9.17) is 4.74 Å². The largest absolute Gasteiger partial charge is 0.493 e. The van der Waals surface area contributed by atoms with Gasteiger partial charge in [-0.3, -0.25) is 9.59 Å². The van der Waals surface area contributed by atoms with Crippen LogP contribution in [0.2, 0.25) is 0 Å². The van der Waals surface area contributed by atoms with Crippen molar-refractivity contribution >= 4 is 38.6 Å². The standard InChI is InChI=1S/C21H23N5O3S/c1-2-29-17-8-4-3-6-15(17)19(28)23-14-18(27)25-10-12-26(13-11-25)21-24-16-7-5-9-22-20(16)30-21/h3-9H,2,10-14H2,1H3,(H,23,28). The molecule has 1 fully saturated rings. The number of carbonyl (C=O) groups is 2. The van der Waals surface area contributed by atoms with Crippen LogP contribution in [0.15, 0.2) is 42.6 Å². The average Bonchev–Trinajstić information content (AvgIpc) is 3.22. The van der Waals surface area contributed by atoms with Crippen molar-refractivity contribution in [3.8, 4) is 5.75 Å². The molecule has 1 N–H and O–H groups in total. The van der Waals surface area contributed by atoms with Crippen LogP contribution in [-0.4, -0.2) is 66.0 Å². The van der Waals surface area contributed by atoms with E-state index in [0.717, 1.165) is 15.5 Å². The van der Waals surface area contributed by atoms with Crippen LogP contribution in [0.25, 0.3) is 10.3 Å². The first-order valence-corrected chi connectivity index (χ1v) is 10.7. The highest BCUT2D eigenvalue weighted by molar-refractivity contribution is 7.21. The first-order valence-electron chi connectivity index (χ1n) is 9.90. The molecular formula is C21H23N5O3S. The number of pyridine rings is 1. The van der Waals surface area contributed by atoms with Gasteiger partial charge in [0.25, 0.3) is 5.91 Å². The van der Waals surface area contributed by atoms with Crippen LogP contribution < -0.4 is 15.0 Å². The van der Waals surface area contributed by atoms with E-state index in [9.17, 15) is 9.59 Å². The van der Waals surface area contributed by atoms with Crippen molar-refractivity contribution in [3.05, 3.63) is 48.2 Å². The number of nitrogens with zero attached hydrogens (tertiary/aromatic N) is 4. The number of aromatic nitrogens is 2. The molecule has 3 aromatic rings. The van der Waals surface area contributed by atoms with Gasteiger partial charge >= 0.3 is 0 Å². The Morgan fingerprint density at radius 2 is 1.93 bits per heavy atom. The van der Waals surface area contributed by atoms with Gasteiger partial charge in [0.1, 0.15) is 16.1 Å². The molecule has 4 rings (SSSR count). The zero-order valence-corrected chi connectivity index (χ0v) is 17.5. The van der Waals surface area contributed by atoms with Gasteiger partial charge in [0.15, 0.2) is 5.13 Å². The van der Waals surface area contributed by atoms with Crippen LogP contribution in [0.4, 0.5) is 5.13 Å². The predicted octanol–water partition coefficient (Wildman–Crippen LogP) is 2.17. The second-order valence-corrected chi connectivity index (χ2v) is 7.76. The van der Waals surface area contributed by atoms with E-state index in [1.54, 1.807) is 40.6 Å². The number of benzene rings is 1. The highest BCUT2D eigenvalue weighted by atomic mass is 32.1. The maximum Gasteiger partial charge on any atom is 0.255 e. The molecule has 3 heterocycles. The first-order chi connectivity index (χ1) is 14.7. The van der Waals surface area contributed by atoms with Crippen LogP contribution in [0, 0.1) is 0 Å². The summed E-state index contributed by atoms with van der Waals surface area (Å²) in [4.78, 5) is 38.9. The zero-order valence-electron chi connectivity index (χ0n) is 16.7. The summed E-state index contributed by atoms with van der Waals surface area (Å²) in [6, 6.07) is 10.9. The number of para-hydroxylation sites is 1. The second kappa shape index (κ2) is 9.08. The summed E-state index contributed by atoms with van der Waals surface area (Å²) in [6.07, 6.45) is 1.77. The molecule has 0 saturated carbocycles. The van der Waals surface area contributed by atoms with Gasteiger partial charge in [0.2, 0.25) is 5.91 Å². The van der Waals surface area contributed by atoms with Crippen LogP contribution in [-0.2, 0) is 4.79 Å². The number of hydrogen-bond acceptors (Lipinski definition) is 7. The Hall–Kier alpha value is -3.20. The minimum absolute atomic E-state index is 0.0374. The van der Waals surface area contributed by atoms with Crippen molar-refractivity contribution in [2.45, 2.75) is 6.92 Å². The minimum atomic E-state index is -0.312. The summed E-state index contributed by atoms with van der Waals surface area (Å²) in [6.45, 7) is 4.88. The predicted molar refractivity (Wildman–Crippen MR) is 116 cm³/mol. The number of anilines is 1. The molecule has 0 bridgehead atoms. The van der Waals surface area contributed by atoms with E-state index in [1.165, 1.54) is 0 Å². The molecule has 0 unspecified atom stereocenters. The number of ether oxygens (including phenoxy) is 1. The van der Waals surface area contributed by atoms with Crippen LogP contribution >= 0.6 is 11.3 Å². The van der Waals surface area contributed by atoms with Crippen LogP contribution in [0.3, 0.4) is 0 Å². The smallest absolute Gasteiger partial charge is 0.255 e. The fourth-order valence-corrected chi connectivity index (χ4v) is 4.30. The number of thiazole rings is 1. The monoisotopic (exact) mass is 425 g/mol. The second-order valence-electron chi connectivity index (χ2n) is 6.80. The van der Waals surface area contributed by atoms with E-state index in [-0.39, 0.29) is 18.4 Å². The van der Waals surface area contributed by atoms with Crippen molar-refractivity contribution in [1.29, 1.82) is 0 Å². The summed E-state index contributed by atoms with van der Waals surface area (Å²) in [5.41, 5.74) is 1.33. The third-order valence-corrected chi connectivity index (χ3v) is 5.93. The third-order valence-electron chi connectivity index (χ3n) is 4.89. The lowest BCUT2D eigenvalue weighted by Gasteiger charge is -2.34. The van der Waals surface area contributed by atoms with E-state index in [1.807, 2.05) is 25.1 Å². The van der Waals surface area contributed by atoms with Gasteiger partial charge < -0.3 is 19.9 Å². The van der Waals surface area contributed by atoms with Crippen molar-refractivity contribution in [1.82, 2.24) is 20.2 Å². The fraction of sp³-hybridized carbons (Fsp3) is 0.333. The molecule has 0 atom stereocenters. The van der Waals surface area contributed by atoms with Gasteiger partial charge in [-0.25, -0.2) is 9.97 Å². The Kier molecular flexibility index (Phi) is 6.08. The number of carbonyl (C=O) groups excluding carboxylic acids is 2.